The normalized spacial score (nSPS) is 15.8. The molecule has 0 spiro atoms. The summed E-state index contributed by atoms with van der Waals surface area (Å²) in [6.45, 7) is 4.01. The molecule has 1 atom stereocenters. The zero-order chi connectivity index (χ0) is 18.1. The van der Waals surface area contributed by atoms with Crippen LogP contribution in [0.5, 0.6) is 11.5 Å². The molecule has 4 nitrogen and oxygen atoms in total. The predicted molar refractivity (Wildman–Crippen MR) is 101 cm³/mol. The lowest BCUT2D eigenvalue weighted by Crippen LogP contribution is -2.12. The Balaban J connectivity index is 2.44. The molecule has 0 aromatic heterocycles. The molecule has 1 aliphatic rings. The SMILES string of the molecule is CCc1ccc2c(cc1=O)C(N)CCc1cc(C)c(OC)c(OC)c1-2. The first-order valence-electron chi connectivity index (χ1n) is 8.69. The highest BCUT2D eigenvalue weighted by Crippen LogP contribution is 2.46. The first-order valence-corrected chi connectivity index (χ1v) is 8.69. The molecule has 3 rings (SSSR count). The van der Waals surface area contributed by atoms with Crippen LogP contribution in [0.15, 0.2) is 29.1 Å². The van der Waals surface area contributed by atoms with Crippen molar-refractivity contribution in [3.05, 3.63) is 56.7 Å². The number of hydrogen-bond donors (Lipinski definition) is 1. The van der Waals surface area contributed by atoms with E-state index in [1.807, 2.05) is 26.0 Å². The first kappa shape index (κ1) is 17.5. The molecular weight excluding hydrogens is 314 g/mol. The van der Waals surface area contributed by atoms with Gasteiger partial charge in [-0.05, 0) is 60.1 Å². The van der Waals surface area contributed by atoms with Crippen LogP contribution in [-0.2, 0) is 12.8 Å². The van der Waals surface area contributed by atoms with Gasteiger partial charge in [-0.3, -0.25) is 4.79 Å². The summed E-state index contributed by atoms with van der Waals surface area (Å²) in [4.78, 5) is 12.5. The third-order valence-electron chi connectivity index (χ3n) is 5.05. The van der Waals surface area contributed by atoms with Crippen LogP contribution in [-0.4, -0.2) is 14.2 Å². The largest absolute Gasteiger partial charge is 0.493 e. The smallest absolute Gasteiger partial charge is 0.182 e. The minimum absolute atomic E-state index is 0.0423. The van der Waals surface area contributed by atoms with Gasteiger partial charge in [0.1, 0.15) is 0 Å². The monoisotopic (exact) mass is 339 g/mol. The second-order valence-electron chi connectivity index (χ2n) is 6.53. The average molecular weight is 339 g/mol. The molecule has 0 saturated carbocycles. The van der Waals surface area contributed by atoms with Gasteiger partial charge < -0.3 is 15.2 Å². The van der Waals surface area contributed by atoms with Crippen molar-refractivity contribution in [1.29, 1.82) is 0 Å². The lowest BCUT2D eigenvalue weighted by Gasteiger charge is -2.18. The molecule has 2 N–H and O–H groups in total. The summed E-state index contributed by atoms with van der Waals surface area (Å²) < 4.78 is 11.3. The molecule has 2 aromatic rings. The van der Waals surface area contributed by atoms with Crippen LogP contribution in [0.25, 0.3) is 11.1 Å². The summed E-state index contributed by atoms with van der Waals surface area (Å²) in [5.74, 6) is 1.44. The second-order valence-corrected chi connectivity index (χ2v) is 6.53. The van der Waals surface area contributed by atoms with Gasteiger partial charge in [-0.1, -0.05) is 25.1 Å². The number of methoxy groups -OCH3 is 2. The van der Waals surface area contributed by atoms with Crippen LogP contribution in [0.2, 0.25) is 0 Å². The van der Waals surface area contributed by atoms with Crippen LogP contribution in [0.4, 0.5) is 0 Å². The van der Waals surface area contributed by atoms with Crippen molar-refractivity contribution in [3.8, 4) is 22.6 Å². The molecule has 25 heavy (non-hydrogen) atoms. The van der Waals surface area contributed by atoms with Gasteiger partial charge in [0.05, 0.1) is 14.2 Å². The fourth-order valence-electron chi connectivity index (χ4n) is 3.75. The number of nitrogens with two attached hydrogens (primary N) is 1. The van der Waals surface area contributed by atoms with Crippen LogP contribution in [0.1, 0.15) is 41.6 Å². The molecule has 132 valence electrons. The van der Waals surface area contributed by atoms with Crippen molar-refractivity contribution in [3.63, 3.8) is 0 Å². The molecule has 0 amide bonds. The number of benzene rings is 1. The summed E-state index contributed by atoms with van der Waals surface area (Å²) in [5, 5.41) is 0. The van der Waals surface area contributed by atoms with Gasteiger partial charge >= 0.3 is 0 Å². The lowest BCUT2D eigenvalue weighted by atomic mass is 9.94. The third kappa shape index (κ3) is 2.91. The van der Waals surface area contributed by atoms with Crippen molar-refractivity contribution < 1.29 is 9.47 Å². The Hall–Kier alpha value is -2.33. The minimum atomic E-state index is -0.178. The topological polar surface area (TPSA) is 61.6 Å². The van der Waals surface area contributed by atoms with Gasteiger partial charge in [0.2, 0.25) is 0 Å². The summed E-state index contributed by atoms with van der Waals surface area (Å²) in [6, 6.07) is 7.60. The van der Waals surface area contributed by atoms with Crippen molar-refractivity contribution in [2.75, 3.05) is 14.2 Å². The Morgan fingerprint density at radius 1 is 1.16 bits per heavy atom. The standard InChI is InChI=1S/C21H25NO3/c1-5-13-6-8-15-16(11-18(13)23)17(22)9-7-14-10-12(2)20(24-3)21(25-4)19(14)15/h6,8,10-11,17H,5,7,9,22H2,1-4H3. The van der Waals surface area contributed by atoms with Gasteiger partial charge in [-0.15, -0.1) is 0 Å². The highest BCUT2D eigenvalue weighted by atomic mass is 16.5. The van der Waals surface area contributed by atoms with E-state index in [9.17, 15) is 4.79 Å². The van der Waals surface area contributed by atoms with E-state index in [0.29, 0.717) is 12.2 Å². The summed E-state index contributed by atoms with van der Waals surface area (Å²) in [6.07, 6.45) is 2.33. The number of rotatable bonds is 3. The quantitative estimate of drug-likeness (QED) is 0.929. The molecule has 1 aliphatic carbocycles. The molecule has 0 bridgehead atoms. The second kappa shape index (κ2) is 6.89. The Kier molecular flexibility index (Phi) is 4.82. The van der Waals surface area contributed by atoms with Gasteiger partial charge in [0.15, 0.2) is 16.9 Å². The highest BCUT2D eigenvalue weighted by Gasteiger charge is 2.26. The molecule has 2 aromatic carbocycles. The summed E-state index contributed by atoms with van der Waals surface area (Å²) >= 11 is 0. The van der Waals surface area contributed by atoms with E-state index < -0.39 is 0 Å². The Morgan fingerprint density at radius 2 is 1.88 bits per heavy atom. The van der Waals surface area contributed by atoms with Gasteiger partial charge in [0.25, 0.3) is 0 Å². The van der Waals surface area contributed by atoms with Crippen LogP contribution < -0.4 is 20.6 Å². The highest BCUT2D eigenvalue weighted by molar-refractivity contribution is 5.81. The fraction of sp³-hybridized carbons (Fsp3) is 0.381. The number of aryl methyl sites for hydroxylation is 3. The fourth-order valence-corrected chi connectivity index (χ4v) is 3.75. The maximum atomic E-state index is 12.5. The number of hydrogen-bond acceptors (Lipinski definition) is 4. The molecular formula is C21H25NO3. The molecule has 0 fully saturated rings. The first-order chi connectivity index (χ1) is 12.0. The van der Waals surface area contributed by atoms with Crippen molar-refractivity contribution >= 4 is 0 Å². The number of ether oxygens (including phenoxy) is 2. The molecule has 0 aliphatic heterocycles. The third-order valence-corrected chi connectivity index (χ3v) is 5.05. The van der Waals surface area contributed by atoms with Crippen LogP contribution in [0, 0.1) is 6.92 Å². The maximum absolute atomic E-state index is 12.5. The Labute approximate surface area is 148 Å². The van der Waals surface area contributed by atoms with Crippen molar-refractivity contribution in [2.24, 2.45) is 5.73 Å². The van der Waals surface area contributed by atoms with E-state index in [1.165, 1.54) is 5.56 Å². The van der Waals surface area contributed by atoms with Gasteiger partial charge in [0, 0.05) is 11.6 Å². The van der Waals surface area contributed by atoms with Crippen molar-refractivity contribution in [2.45, 2.75) is 39.2 Å². The van der Waals surface area contributed by atoms with Crippen LogP contribution in [0.3, 0.4) is 0 Å². The van der Waals surface area contributed by atoms with E-state index in [-0.39, 0.29) is 11.5 Å². The summed E-state index contributed by atoms with van der Waals surface area (Å²) in [5.41, 5.74) is 12.3. The van der Waals surface area contributed by atoms with Gasteiger partial charge in [-0.2, -0.15) is 0 Å². The minimum Gasteiger partial charge on any atom is -0.493 e. The Bertz CT molecular complexity index is 874. The summed E-state index contributed by atoms with van der Waals surface area (Å²) in [7, 11) is 3.30. The lowest BCUT2D eigenvalue weighted by molar-refractivity contribution is 0.353. The van der Waals surface area contributed by atoms with Crippen LogP contribution >= 0.6 is 0 Å². The van der Waals surface area contributed by atoms with E-state index in [0.717, 1.165) is 46.4 Å². The molecule has 0 saturated heterocycles. The van der Waals surface area contributed by atoms with E-state index in [1.54, 1.807) is 20.3 Å². The Morgan fingerprint density at radius 3 is 2.52 bits per heavy atom. The predicted octanol–water partition coefficient (Wildman–Crippen LogP) is 3.55. The van der Waals surface area contributed by atoms with Gasteiger partial charge in [-0.25, -0.2) is 0 Å². The average Bonchev–Trinajstić information content (AvgIpc) is 2.84. The zero-order valence-electron chi connectivity index (χ0n) is 15.3. The van der Waals surface area contributed by atoms with E-state index in [2.05, 4.69) is 6.07 Å². The molecule has 0 heterocycles. The van der Waals surface area contributed by atoms with E-state index >= 15 is 0 Å². The zero-order valence-corrected chi connectivity index (χ0v) is 15.3. The van der Waals surface area contributed by atoms with Crippen molar-refractivity contribution in [1.82, 2.24) is 0 Å². The maximum Gasteiger partial charge on any atom is 0.182 e. The molecule has 4 heteroatoms. The number of fused-ring (bicyclic) bond motifs is 3. The molecule has 1 unspecified atom stereocenters. The van der Waals surface area contributed by atoms with E-state index in [4.69, 9.17) is 15.2 Å². The molecule has 0 radical (unpaired) electrons.